The van der Waals surface area contributed by atoms with Gasteiger partial charge in [-0.05, 0) is 47.9 Å². The van der Waals surface area contributed by atoms with Crippen LogP contribution in [0.15, 0.2) is 17.5 Å². The standard InChI is InChI=1S/C10H9FS/c1-6-5-9-8(3-4-12-9)7(2)10(6)11/h3-5H,1-2H3. The Labute approximate surface area is 74.6 Å². The van der Waals surface area contributed by atoms with E-state index in [2.05, 4.69) is 0 Å². The Hall–Kier alpha value is -0.890. The molecule has 0 saturated heterocycles. The van der Waals surface area contributed by atoms with Gasteiger partial charge in [0.05, 0.1) is 0 Å². The van der Waals surface area contributed by atoms with Crippen molar-refractivity contribution >= 4 is 21.4 Å². The third-order valence-corrected chi connectivity index (χ3v) is 2.99. The smallest absolute Gasteiger partial charge is 0.129 e. The van der Waals surface area contributed by atoms with Crippen LogP contribution in [0.1, 0.15) is 11.1 Å². The van der Waals surface area contributed by atoms with Crippen molar-refractivity contribution < 1.29 is 4.39 Å². The summed E-state index contributed by atoms with van der Waals surface area (Å²) in [6, 6.07) is 3.88. The van der Waals surface area contributed by atoms with E-state index in [0.717, 1.165) is 16.5 Å². The second-order valence-electron chi connectivity index (χ2n) is 2.96. The number of fused-ring (bicyclic) bond motifs is 1. The summed E-state index contributed by atoms with van der Waals surface area (Å²) in [5.74, 6) is -0.0686. The van der Waals surface area contributed by atoms with E-state index in [-0.39, 0.29) is 5.82 Å². The Morgan fingerprint density at radius 1 is 1.33 bits per heavy atom. The lowest BCUT2D eigenvalue weighted by molar-refractivity contribution is 0.612. The van der Waals surface area contributed by atoms with E-state index in [9.17, 15) is 4.39 Å². The van der Waals surface area contributed by atoms with Gasteiger partial charge in [-0.15, -0.1) is 11.3 Å². The molecule has 0 aliphatic heterocycles. The van der Waals surface area contributed by atoms with Gasteiger partial charge in [0, 0.05) is 4.70 Å². The molecule has 2 aromatic rings. The third kappa shape index (κ3) is 0.950. The van der Waals surface area contributed by atoms with Crippen LogP contribution in [0, 0.1) is 19.7 Å². The van der Waals surface area contributed by atoms with Crippen LogP contribution in [-0.4, -0.2) is 0 Å². The molecule has 1 aromatic heterocycles. The minimum absolute atomic E-state index is 0.0686. The van der Waals surface area contributed by atoms with Crippen molar-refractivity contribution in [3.63, 3.8) is 0 Å². The molecule has 0 spiro atoms. The first-order valence-corrected chi connectivity index (χ1v) is 4.71. The quantitative estimate of drug-likeness (QED) is 0.580. The van der Waals surface area contributed by atoms with Gasteiger partial charge in [0.25, 0.3) is 0 Å². The van der Waals surface area contributed by atoms with E-state index < -0.39 is 0 Å². The summed E-state index contributed by atoms with van der Waals surface area (Å²) in [4.78, 5) is 0. The van der Waals surface area contributed by atoms with Crippen LogP contribution in [-0.2, 0) is 0 Å². The average molecular weight is 180 g/mol. The van der Waals surface area contributed by atoms with Crippen LogP contribution in [0.4, 0.5) is 4.39 Å². The maximum absolute atomic E-state index is 13.3. The molecule has 0 saturated carbocycles. The summed E-state index contributed by atoms with van der Waals surface area (Å²) in [5, 5.41) is 3.04. The van der Waals surface area contributed by atoms with Crippen LogP contribution in [0.2, 0.25) is 0 Å². The van der Waals surface area contributed by atoms with Gasteiger partial charge >= 0.3 is 0 Å². The fourth-order valence-corrected chi connectivity index (χ4v) is 2.36. The first-order valence-electron chi connectivity index (χ1n) is 3.83. The van der Waals surface area contributed by atoms with Crippen molar-refractivity contribution in [2.75, 3.05) is 0 Å². The number of thiophene rings is 1. The van der Waals surface area contributed by atoms with E-state index in [1.807, 2.05) is 31.4 Å². The molecule has 0 radical (unpaired) electrons. The van der Waals surface area contributed by atoms with Crippen LogP contribution in [0.5, 0.6) is 0 Å². The van der Waals surface area contributed by atoms with Gasteiger partial charge in [0.1, 0.15) is 5.82 Å². The Kier molecular flexibility index (Phi) is 1.65. The van der Waals surface area contributed by atoms with Gasteiger partial charge in [-0.3, -0.25) is 0 Å². The van der Waals surface area contributed by atoms with Crippen LogP contribution >= 0.6 is 11.3 Å². The summed E-state index contributed by atoms with van der Waals surface area (Å²) in [7, 11) is 0. The number of benzene rings is 1. The molecule has 1 aromatic carbocycles. The lowest BCUT2D eigenvalue weighted by atomic mass is 10.1. The van der Waals surface area contributed by atoms with Crippen molar-refractivity contribution in [3.05, 3.63) is 34.5 Å². The first-order chi connectivity index (χ1) is 5.70. The highest BCUT2D eigenvalue weighted by atomic mass is 32.1. The van der Waals surface area contributed by atoms with Gasteiger partial charge < -0.3 is 0 Å². The Balaban J connectivity index is 2.94. The summed E-state index contributed by atoms with van der Waals surface area (Å²) in [6.45, 7) is 3.64. The molecular formula is C10H9FS. The van der Waals surface area contributed by atoms with Crippen molar-refractivity contribution in [1.82, 2.24) is 0 Å². The number of hydrogen-bond acceptors (Lipinski definition) is 1. The minimum Gasteiger partial charge on any atom is -0.206 e. The van der Waals surface area contributed by atoms with Crippen molar-refractivity contribution in [3.8, 4) is 0 Å². The maximum atomic E-state index is 13.3. The van der Waals surface area contributed by atoms with E-state index in [1.54, 1.807) is 11.3 Å². The van der Waals surface area contributed by atoms with Gasteiger partial charge in [-0.2, -0.15) is 0 Å². The molecule has 62 valence electrons. The number of hydrogen-bond donors (Lipinski definition) is 0. The van der Waals surface area contributed by atoms with Crippen LogP contribution in [0.3, 0.4) is 0 Å². The SMILES string of the molecule is Cc1cc2sccc2c(C)c1F. The zero-order valence-corrected chi connectivity index (χ0v) is 7.83. The predicted octanol–water partition coefficient (Wildman–Crippen LogP) is 3.66. The zero-order valence-electron chi connectivity index (χ0n) is 7.02. The summed E-state index contributed by atoms with van der Waals surface area (Å²) < 4.78 is 14.5. The molecule has 0 bridgehead atoms. The van der Waals surface area contributed by atoms with E-state index >= 15 is 0 Å². The van der Waals surface area contributed by atoms with Gasteiger partial charge in [-0.25, -0.2) is 4.39 Å². The molecule has 1 heterocycles. The monoisotopic (exact) mass is 180 g/mol. The van der Waals surface area contributed by atoms with Gasteiger partial charge in [0.15, 0.2) is 0 Å². The van der Waals surface area contributed by atoms with Crippen LogP contribution in [0.25, 0.3) is 10.1 Å². The fraction of sp³-hybridized carbons (Fsp3) is 0.200. The lowest BCUT2D eigenvalue weighted by Crippen LogP contribution is -1.86. The molecule has 0 fully saturated rings. The molecule has 0 aliphatic rings. The largest absolute Gasteiger partial charge is 0.206 e. The Morgan fingerprint density at radius 2 is 2.08 bits per heavy atom. The molecule has 0 atom stereocenters. The molecule has 0 unspecified atom stereocenters. The molecule has 2 heteroatoms. The number of halogens is 1. The molecule has 2 rings (SSSR count). The van der Waals surface area contributed by atoms with E-state index in [0.29, 0.717) is 0 Å². The molecule has 0 aliphatic carbocycles. The van der Waals surface area contributed by atoms with Crippen molar-refractivity contribution in [2.45, 2.75) is 13.8 Å². The van der Waals surface area contributed by atoms with Gasteiger partial charge in [0.2, 0.25) is 0 Å². The maximum Gasteiger partial charge on any atom is 0.129 e. The second-order valence-corrected chi connectivity index (χ2v) is 3.91. The summed E-state index contributed by atoms with van der Waals surface area (Å²) >= 11 is 1.66. The molecule has 0 amide bonds. The number of aryl methyl sites for hydroxylation is 2. The first kappa shape index (κ1) is 7.74. The van der Waals surface area contributed by atoms with E-state index in [1.165, 1.54) is 4.70 Å². The molecule has 0 nitrogen and oxygen atoms in total. The van der Waals surface area contributed by atoms with Crippen molar-refractivity contribution in [1.29, 1.82) is 0 Å². The zero-order chi connectivity index (χ0) is 8.72. The highest BCUT2D eigenvalue weighted by Gasteiger charge is 2.06. The molecule has 12 heavy (non-hydrogen) atoms. The Morgan fingerprint density at radius 3 is 2.83 bits per heavy atom. The summed E-state index contributed by atoms with van der Waals surface area (Å²) in [6.07, 6.45) is 0. The van der Waals surface area contributed by atoms with E-state index in [4.69, 9.17) is 0 Å². The number of rotatable bonds is 0. The second kappa shape index (κ2) is 2.56. The average Bonchev–Trinajstić information content (AvgIpc) is 2.48. The third-order valence-electron chi connectivity index (χ3n) is 2.12. The van der Waals surface area contributed by atoms with Crippen LogP contribution < -0.4 is 0 Å². The summed E-state index contributed by atoms with van der Waals surface area (Å²) in [5.41, 5.74) is 1.51. The highest BCUT2D eigenvalue weighted by Crippen LogP contribution is 2.27. The van der Waals surface area contributed by atoms with Gasteiger partial charge in [-0.1, -0.05) is 0 Å². The Bertz CT molecular complexity index is 429. The normalized spacial score (nSPS) is 10.9. The highest BCUT2D eigenvalue weighted by molar-refractivity contribution is 7.17. The fourth-order valence-electron chi connectivity index (χ4n) is 1.42. The molecule has 0 N–H and O–H groups in total. The predicted molar refractivity (Wildman–Crippen MR) is 51.3 cm³/mol. The lowest BCUT2D eigenvalue weighted by Gasteiger charge is -2.01. The topological polar surface area (TPSA) is 0 Å². The molecular weight excluding hydrogens is 171 g/mol. The minimum atomic E-state index is -0.0686. The van der Waals surface area contributed by atoms with Crippen molar-refractivity contribution in [2.24, 2.45) is 0 Å².